The topological polar surface area (TPSA) is 45.2 Å². The summed E-state index contributed by atoms with van der Waals surface area (Å²) in [4.78, 5) is 4.69. The lowest BCUT2D eigenvalue weighted by Crippen LogP contribution is -2.47. The number of methoxy groups -OCH3 is 2. The number of aliphatic hydroxyl groups is 1. The van der Waals surface area contributed by atoms with E-state index in [0.29, 0.717) is 6.54 Å². The molecule has 0 amide bonds. The van der Waals surface area contributed by atoms with E-state index in [2.05, 4.69) is 21.9 Å². The summed E-state index contributed by atoms with van der Waals surface area (Å²) in [5.41, 5.74) is 2.15. The summed E-state index contributed by atoms with van der Waals surface area (Å²) in [7, 11) is 3.33. The zero-order valence-corrected chi connectivity index (χ0v) is 14.9. The van der Waals surface area contributed by atoms with Gasteiger partial charge >= 0.3 is 0 Å². The fourth-order valence-electron chi connectivity index (χ4n) is 3.16. The number of β-amino-alcohol motifs (C(OH)–C–C–N with tert-alkyl or cyclic N) is 1. The van der Waals surface area contributed by atoms with Gasteiger partial charge < -0.3 is 19.5 Å². The second kappa shape index (κ2) is 8.23. The van der Waals surface area contributed by atoms with Crippen LogP contribution in [-0.4, -0.2) is 56.9 Å². The Morgan fingerprint density at radius 1 is 0.840 bits per heavy atom. The minimum atomic E-state index is -0.474. The van der Waals surface area contributed by atoms with E-state index in [1.54, 1.807) is 14.2 Å². The van der Waals surface area contributed by atoms with Crippen molar-refractivity contribution >= 4 is 5.69 Å². The van der Waals surface area contributed by atoms with Crippen LogP contribution in [0.4, 0.5) is 5.69 Å². The van der Waals surface area contributed by atoms with Gasteiger partial charge in [0.25, 0.3) is 0 Å². The van der Waals surface area contributed by atoms with Gasteiger partial charge in [-0.1, -0.05) is 12.1 Å². The molecule has 5 nitrogen and oxygen atoms in total. The standard InChI is InChI=1S/C20H26N2O3/c1-24-18-7-3-16(4-8-18)20(23)15-21-11-13-22(14-12-21)17-5-9-19(25-2)10-6-17/h3-10,20,23H,11-15H2,1-2H3. The van der Waals surface area contributed by atoms with Gasteiger partial charge in [0.1, 0.15) is 11.5 Å². The minimum Gasteiger partial charge on any atom is -0.497 e. The monoisotopic (exact) mass is 342 g/mol. The summed E-state index contributed by atoms with van der Waals surface area (Å²) in [6, 6.07) is 15.8. The normalized spacial score (nSPS) is 16.5. The molecule has 0 aromatic heterocycles. The van der Waals surface area contributed by atoms with E-state index in [1.807, 2.05) is 36.4 Å². The number of anilines is 1. The quantitative estimate of drug-likeness (QED) is 0.874. The number of ether oxygens (including phenoxy) is 2. The Hall–Kier alpha value is -2.24. The maximum absolute atomic E-state index is 10.5. The lowest BCUT2D eigenvalue weighted by molar-refractivity contribution is 0.109. The molecular formula is C20H26N2O3. The van der Waals surface area contributed by atoms with E-state index in [0.717, 1.165) is 43.2 Å². The second-order valence-electron chi connectivity index (χ2n) is 6.27. The summed E-state index contributed by atoms with van der Waals surface area (Å²) < 4.78 is 10.4. The Bertz CT molecular complexity index is 650. The lowest BCUT2D eigenvalue weighted by Gasteiger charge is -2.37. The van der Waals surface area contributed by atoms with Crippen LogP contribution in [0.15, 0.2) is 48.5 Å². The fraction of sp³-hybridized carbons (Fsp3) is 0.400. The van der Waals surface area contributed by atoms with Gasteiger partial charge in [-0.2, -0.15) is 0 Å². The van der Waals surface area contributed by atoms with Gasteiger partial charge in [-0.3, -0.25) is 4.90 Å². The van der Waals surface area contributed by atoms with Gasteiger partial charge in [-0.15, -0.1) is 0 Å². The molecule has 2 aromatic carbocycles. The van der Waals surface area contributed by atoms with Crippen LogP contribution in [0.25, 0.3) is 0 Å². The molecule has 5 heteroatoms. The van der Waals surface area contributed by atoms with Crippen LogP contribution < -0.4 is 14.4 Å². The summed E-state index contributed by atoms with van der Waals surface area (Å²) in [6.07, 6.45) is -0.474. The number of hydrogen-bond donors (Lipinski definition) is 1. The lowest BCUT2D eigenvalue weighted by atomic mass is 10.1. The van der Waals surface area contributed by atoms with Crippen molar-refractivity contribution in [2.45, 2.75) is 6.10 Å². The van der Waals surface area contributed by atoms with E-state index in [9.17, 15) is 5.11 Å². The summed E-state index contributed by atoms with van der Waals surface area (Å²) in [5.74, 6) is 1.69. The van der Waals surface area contributed by atoms with Crippen LogP contribution in [0.2, 0.25) is 0 Å². The first-order chi connectivity index (χ1) is 12.2. The molecule has 25 heavy (non-hydrogen) atoms. The van der Waals surface area contributed by atoms with E-state index in [4.69, 9.17) is 9.47 Å². The van der Waals surface area contributed by atoms with Gasteiger partial charge in [-0.25, -0.2) is 0 Å². The molecule has 0 radical (unpaired) electrons. The highest BCUT2D eigenvalue weighted by Gasteiger charge is 2.20. The SMILES string of the molecule is COc1ccc(C(O)CN2CCN(c3ccc(OC)cc3)CC2)cc1. The molecule has 3 rings (SSSR count). The Morgan fingerprint density at radius 3 is 1.88 bits per heavy atom. The Labute approximate surface area is 149 Å². The summed E-state index contributed by atoms with van der Waals surface area (Å²) in [5, 5.41) is 10.5. The molecule has 1 atom stereocenters. The Morgan fingerprint density at radius 2 is 1.36 bits per heavy atom. The van der Waals surface area contributed by atoms with Crippen LogP contribution in [-0.2, 0) is 0 Å². The average Bonchev–Trinajstić information content (AvgIpc) is 2.68. The second-order valence-corrected chi connectivity index (χ2v) is 6.27. The molecule has 1 heterocycles. The van der Waals surface area contributed by atoms with E-state index in [1.165, 1.54) is 5.69 Å². The van der Waals surface area contributed by atoms with Crippen LogP contribution in [0, 0.1) is 0 Å². The molecule has 1 unspecified atom stereocenters. The molecule has 0 bridgehead atoms. The maximum Gasteiger partial charge on any atom is 0.119 e. The average molecular weight is 342 g/mol. The molecule has 0 aliphatic carbocycles. The molecular weight excluding hydrogens is 316 g/mol. The smallest absolute Gasteiger partial charge is 0.119 e. The number of rotatable bonds is 6. The third-order valence-corrected chi connectivity index (χ3v) is 4.74. The highest BCUT2D eigenvalue weighted by atomic mass is 16.5. The van der Waals surface area contributed by atoms with Gasteiger partial charge in [0.15, 0.2) is 0 Å². The van der Waals surface area contributed by atoms with Crippen molar-refractivity contribution in [2.24, 2.45) is 0 Å². The first-order valence-electron chi connectivity index (χ1n) is 8.63. The highest BCUT2D eigenvalue weighted by Crippen LogP contribution is 2.22. The zero-order chi connectivity index (χ0) is 17.6. The summed E-state index contributed by atoms with van der Waals surface area (Å²) >= 11 is 0. The van der Waals surface area contributed by atoms with Gasteiger partial charge in [0.2, 0.25) is 0 Å². The highest BCUT2D eigenvalue weighted by molar-refractivity contribution is 5.49. The van der Waals surface area contributed by atoms with Crippen LogP contribution in [0.3, 0.4) is 0 Å². The van der Waals surface area contributed by atoms with Crippen molar-refractivity contribution in [3.63, 3.8) is 0 Å². The van der Waals surface area contributed by atoms with Gasteiger partial charge in [0, 0.05) is 38.4 Å². The van der Waals surface area contributed by atoms with Gasteiger partial charge in [0.05, 0.1) is 20.3 Å². The number of piperazine rings is 1. The number of benzene rings is 2. The van der Waals surface area contributed by atoms with Crippen LogP contribution in [0.1, 0.15) is 11.7 Å². The molecule has 1 N–H and O–H groups in total. The van der Waals surface area contributed by atoms with E-state index < -0.39 is 6.10 Å². The van der Waals surface area contributed by atoms with Crippen molar-refractivity contribution in [3.8, 4) is 11.5 Å². The van der Waals surface area contributed by atoms with E-state index in [-0.39, 0.29) is 0 Å². The molecule has 2 aromatic rings. The molecule has 1 aliphatic heterocycles. The maximum atomic E-state index is 10.5. The fourth-order valence-corrected chi connectivity index (χ4v) is 3.16. The van der Waals surface area contributed by atoms with E-state index >= 15 is 0 Å². The Balaban J connectivity index is 1.51. The van der Waals surface area contributed by atoms with Crippen molar-refractivity contribution in [2.75, 3.05) is 51.8 Å². The van der Waals surface area contributed by atoms with Crippen LogP contribution in [0.5, 0.6) is 11.5 Å². The molecule has 1 aliphatic rings. The third-order valence-electron chi connectivity index (χ3n) is 4.74. The van der Waals surface area contributed by atoms with Gasteiger partial charge in [-0.05, 0) is 42.0 Å². The molecule has 0 saturated carbocycles. The minimum absolute atomic E-state index is 0.474. The summed E-state index contributed by atoms with van der Waals surface area (Å²) in [6.45, 7) is 4.46. The van der Waals surface area contributed by atoms with Crippen LogP contribution >= 0.6 is 0 Å². The first-order valence-corrected chi connectivity index (χ1v) is 8.63. The first kappa shape index (κ1) is 17.6. The molecule has 1 saturated heterocycles. The Kier molecular flexibility index (Phi) is 5.79. The number of aliphatic hydroxyl groups excluding tert-OH is 1. The zero-order valence-electron chi connectivity index (χ0n) is 14.9. The van der Waals surface area contributed by atoms with Crippen molar-refractivity contribution in [1.29, 1.82) is 0 Å². The number of nitrogens with zero attached hydrogens (tertiary/aromatic N) is 2. The molecule has 0 spiro atoms. The predicted molar refractivity (Wildman–Crippen MR) is 99.6 cm³/mol. The van der Waals surface area contributed by atoms with Crippen molar-refractivity contribution in [3.05, 3.63) is 54.1 Å². The number of hydrogen-bond acceptors (Lipinski definition) is 5. The third kappa shape index (κ3) is 4.44. The largest absolute Gasteiger partial charge is 0.497 e. The van der Waals surface area contributed by atoms with Crippen molar-refractivity contribution in [1.82, 2.24) is 4.90 Å². The molecule has 1 fully saturated rings. The molecule has 134 valence electrons. The predicted octanol–water partition coefficient (Wildman–Crippen LogP) is 2.56. The van der Waals surface area contributed by atoms with Crippen molar-refractivity contribution < 1.29 is 14.6 Å².